The number of thioether (sulfide) groups is 1. The van der Waals surface area contributed by atoms with E-state index in [9.17, 15) is 9.59 Å². The first kappa shape index (κ1) is 13.2. The van der Waals surface area contributed by atoms with Crippen molar-refractivity contribution >= 4 is 22.4 Å². The van der Waals surface area contributed by atoms with Crippen LogP contribution in [0.3, 0.4) is 0 Å². The minimum absolute atomic E-state index is 0.109. The van der Waals surface area contributed by atoms with Crippen molar-refractivity contribution in [2.75, 3.05) is 0 Å². The van der Waals surface area contributed by atoms with Crippen LogP contribution in [0, 0.1) is 0 Å². The molecule has 0 amide bonds. The van der Waals surface area contributed by atoms with E-state index in [2.05, 4.69) is 0 Å². The molecule has 5 heteroatoms. The average Bonchev–Trinajstić information content (AvgIpc) is 2.39. The molecule has 0 fully saturated rings. The van der Waals surface area contributed by atoms with Crippen LogP contribution in [-0.2, 0) is 0 Å². The van der Waals surface area contributed by atoms with E-state index >= 15 is 0 Å². The monoisotopic (exact) mass is 274 g/mol. The summed E-state index contributed by atoms with van der Waals surface area (Å²) in [6.45, 7) is 0. The minimum Gasteiger partial charge on any atom is -0.473 e. The second-order valence-electron chi connectivity index (χ2n) is 3.58. The molecule has 0 aliphatic carbocycles. The van der Waals surface area contributed by atoms with E-state index in [1.54, 1.807) is 12.1 Å². The van der Waals surface area contributed by atoms with Crippen molar-refractivity contribution in [2.24, 2.45) is 0 Å². The first-order chi connectivity index (χ1) is 9.16. The van der Waals surface area contributed by atoms with E-state index in [1.165, 1.54) is 0 Å². The maximum atomic E-state index is 11.4. The molecule has 0 atom stereocenters. The van der Waals surface area contributed by atoms with Gasteiger partial charge in [-0.15, -0.1) is 0 Å². The van der Waals surface area contributed by atoms with E-state index in [1.807, 2.05) is 42.5 Å². The molecule has 0 bridgehead atoms. The van der Waals surface area contributed by atoms with Gasteiger partial charge in [0.25, 0.3) is 0 Å². The van der Waals surface area contributed by atoms with Crippen LogP contribution >= 0.6 is 11.8 Å². The van der Waals surface area contributed by atoms with Crippen molar-refractivity contribution in [3.8, 4) is 16.9 Å². The molecule has 0 spiro atoms. The molecule has 0 saturated carbocycles. The van der Waals surface area contributed by atoms with Crippen LogP contribution < -0.4 is 4.74 Å². The standard InChI is InChI=1S/C14H10O4S/c15-13(16)19-14(17)18-12-9-5-4-8-11(12)10-6-2-1-3-7-10/h1-9H,(H,15,16). The highest BCUT2D eigenvalue weighted by Gasteiger charge is 2.14. The number of rotatable bonds is 2. The summed E-state index contributed by atoms with van der Waals surface area (Å²) in [6, 6.07) is 16.4. The number of carbonyl (C=O) groups excluding carboxylic acids is 1. The van der Waals surface area contributed by atoms with Gasteiger partial charge in [-0.25, -0.2) is 9.59 Å². The molecule has 0 unspecified atom stereocenters. The van der Waals surface area contributed by atoms with Gasteiger partial charge in [0, 0.05) is 5.56 Å². The van der Waals surface area contributed by atoms with Gasteiger partial charge in [-0.05, 0) is 11.6 Å². The molecule has 96 valence electrons. The van der Waals surface area contributed by atoms with Crippen molar-refractivity contribution in [3.63, 3.8) is 0 Å². The molecule has 4 nitrogen and oxygen atoms in total. The lowest BCUT2D eigenvalue weighted by molar-refractivity contribution is 0.219. The Hall–Kier alpha value is -2.27. The molecule has 2 rings (SSSR count). The predicted molar refractivity (Wildman–Crippen MR) is 73.5 cm³/mol. The number of ether oxygens (including phenoxy) is 1. The Balaban J connectivity index is 2.27. The highest BCUT2D eigenvalue weighted by atomic mass is 32.2. The van der Waals surface area contributed by atoms with Crippen LogP contribution in [0.25, 0.3) is 11.1 Å². The molecule has 0 aliphatic heterocycles. The van der Waals surface area contributed by atoms with Gasteiger partial charge in [-0.1, -0.05) is 48.5 Å². The zero-order chi connectivity index (χ0) is 13.7. The normalized spacial score (nSPS) is 9.89. The Bertz CT molecular complexity index is 595. The summed E-state index contributed by atoms with van der Waals surface area (Å²) in [6.07, 6.45) is 0. The average molecular weight is 274 g/mol. The SMILES string of the molecule is O=C(O)SC(=O)Oc1ccccc1-c1ccccc1. The number of hydrogen-bond acceptors (Lipinski definition) is 4. The van der Waals surface area contributed by atoms with E-state index in [4.69, 9.17) is 9.84 Å². The Morgan fingerprint density at radius 3 is 2.26 bits per heavy atom. The number of carbonyl (C=O) groups is 2. The largest absolute Gasteiger partial charge is 0.473 e. The van der Waals surface area contributed by atoms with Gasteiger partial charge in [0.15, 0.2) is 0 Å². The maximum absolute atomic E-state index is 11.4. The third-order valence-corrected chi connectivity index (χ3v) is 2.76. The van der Waals surface area contributed by atoms with Crippen molar-refractivity contribution < 1.29 is 19.4 Å². The summed E-state index contributed by atoms with van der Waals surface area (Å²) in [4.78, 5) is 21.8. The van der Waals surface area contributed by atoms with Crippen molar-refractivity contribution in [3.05, 3.63) is 54.6 Å². The molecule has 0 aromatic heterocycles. The Kier molecular flexibility index (Phi) is 4.20. The highest BCUT2D eigenvalue weighted by molar-refractivity contribution is 8.25. The van der Waals surface area contributed by atoms with Gasteiger partial charge in [0.2, 0.25) is 0 Å². The number of hydrogen-bond donors (Lipinski definition) is 1. The lowest BCUT2D eigenvalue weighted by Crippen LogP contribution is -2.04. The third-order valence-electron chi connectivity index (χ3n) is 2.34. The first-order valence-corrected chi connectivity index (χ1v) is 6.25. The molecule has 0 aliphatic rings. The number of carboxylic acid groups (broad SMARTS) is 1. The van der Waals surface area contributed by atoms with E-state index in [-0.39, 0.29) is 11.8 Å². The highest BCUT2D eigenvalue weighted by Crippen LogP contribution is 2.30. The van der Waals surface area contributed by atoms with Gasteiger partial charge in [0.05, 0.1) is 11.8 Å². The van der Waals surface area contributed by atoms with Gasteiger partial charge in [0.1, 0.15) is 5.75 Å². The first-order valence-electron chi connectivity index (χ1n) is 5.44. The molecule has 2 aromatic carbocycles. The minimum atomic E-state index is -1.29. The fourth-order valence-electron chi connectivity index (χ4n) is 1.59. The van der Waals surface area contributed by atoms with Gasteiger partial charge in [-0.2, -0.15) is 0 Å². The molecule has 2 aromatic rings. The molecular formula is C14H10O4S. The summed E-state index contributed by atoms with van der Waals surface area (Å²) in [5.74, 6) is 0.340. The zero-order valence-corrected chi connectivity index (χ0v) is 10.6. The van der Waals surface area contributed by atoms with Gasteiger partial charge in [-0.3, -0.25) is 0 Å². The lowest BCUT2D eigenvalue weighted by Gasteiger charge is -2.08. The molecule has 0 heterocycles. The summed E-state index contributed by atoms with van der Waals surface area (Å²) in [5, 5.41) is 6.36. The number of benzene rings is 2. The molecule has 19 heavy (non-hydrogen) atoms. The lowest BCUT2D eigenvalue weighted by atomic mass is 10.1. The zero-order valence-electron chi connectivity index (χ0n) is 9.78. The predicted octanol–water partition coefficient (Wildman–Crippen LogP) is 4.26. The van der Waals surface area contributed by atoms with Crippen molar-refractivity contribution in [2.45, 2.75) is 0 Å². The summed E-state index contributed by atoms with van der Waals surface area (Å²) in [7, 11) is 0. The molecule has 0 saturated heterocycles. The van der Waals surface area contributed by atoms with Crippen LogP contribution in [0.2, 0.25) is 0 Å². The van der Waals surface area contributed by atoms with E-state index < -0.39 is 10.6 Å². The van der Waals surface area contributed by atoms with Gasteiger partial charge < -0.3 is 9.84 Å². The fourth-order valence-corrected chi connectivity index (χ4v) is 1.87. The van der Waals surface area contributed by atoms with E-state index in [0.717, 1.165) is 11.1 Å². The van der Waals surface area contributed by atoms with Crippen molar-refractivity contribution in [1.29, 1.82) is 0 Å². The Labute approximate surface area is 114 Å². The summed E-state index contributed by atoms with van der Waals surface area (Å²) >= 11 is 0.109. The Morgan fingerprint density at radius 1 is 0.947 bits per heavy atom. The van der Waals surface area contributed by atoms with Crippen LogP contribution in [-0.4, -0.2) is 15.7 Å². The third kappa shape index (κ3) is 3.59. The molecule has 1 N–H and O–H groups in total. The smallest absolute Gasteiger partial charge is 0.383 e. The molecular weight excluding hydrogens is 264 g/mol. The second-order valence-corrected chi connectivity index (χ2v) is 4.47. The fraction of sp³-hybridized carbons (Fsp3) is 0. The topological polar surface area (TPSA) is 63.6 Å². The summed E-state index contributed by atoms with van der Waals surface area (Å²) < 4.78 is 5.05. The summed E-state index contributed by atoms with van der Waals surface area (Å²) in [5.41, 5.74) is 1.63. The van der Waals surface area contributed by atoms with Crippen LogP contribution in [0.15, 0.2) is 54.6 Å². The van der Waals surface area contributed by atoms with Crippen LogP contribution in [0.4, 0.5) is 9.59 Å². The molecule has 0 radical (unpaired) electrons. The second kappa shape index (κ2) is 6.06. The maximum Gasteiger partial charge on any atom is 0.383 e. The quantitative estimate of drug-likeness (QED) is 0.829. The van der Waals surface area contributed by atoms with Gasteiger partial charge >= 0.3 is 10.6 Å². The number of para-hydroxylation sites is 1. The van der Waals surface area contributed by atoms with Crippen LogP contribution in [0.5, 0.6) is 5.75 Å². The van der Waals surface area contributed by atoms with Crippen molar-refractivity contribution in [1.82, 2.24) is 0 Å². The Morgan fingerprint density at radius 2 is 1.58 bits per heavy atom. The van der Waals surface area contributed by atoms with E-state index in [0.29, 0.717) is 5.75 Å². The van der Waals surface area contributed by atoms with Crippen LogP contribution in [0.1, 0.15) is 0 Å².